The number of carbonyl (C=O) groups excluding carboxylic acids is 1. The van der Waals surface area contributed by atoms with Crippen LogP contribution in [0.5, 0.6) is 11.5 Å². The van der Waals surface area contributed by atoms with Gasteiger partial charge in [0.15, 0.2) is 17.3 Å². The molecule has 0 bridgehead atoms. The molecule has 1 aromatic carbocycles. The molecule has 0 radical (unpaired) electrons. The van der Waals surface area contributed by atoms with Crippen LogP contribution in [0.1, 0.15) is 6.42 Å². The summed E-state index contributed by atoms with van der Waals surface area (Å²) in [5.41, 5.74) is 0.0775. The Labute approximate surface area is 117 Å². The van der Waals surface area contributed by atoms with Gasteiger partial charge in [0.2, 0.25) is 5.91 Å². The minimum absolute atomic E-state index is 0. The van der Waals surface area contributed by atoms with Crippen molar-refractivity contribution in [3.05, 3.63) is 17.9 Å². The second-order valence-corrected chi connectivity index (χ2v) is 3.59. The molecule has 0 aliphatic heterocycles. The third-order valence-electron chi connectivity index (χ3n) is 2.35. The van der Waals surface area contributed by atoms with Crippen molar-refractivity contribution in [1.29, 1.82) is 0 Å². The third kappa shape index (κ3) is 4.92. The molecule has 19 heavy (non-hydrogen) atoms. The Morgan fingerprint density at radius 3 is 2.37 bits per heavy atom. The van der Waals surface area contributed by atoms with Crippen molar-refractivity contribution < 1.29 is 18.7 Å². The lowest BCUT2D eigenvalue weighted by atomic mass is 10.2. The van der Waals surface area contributed by atoms with Crippen LogP contribution in [-0.4, -0.2) is 33.7 Å². The maximum Gasteiger partial charge on any atom is 0.225 e. The van der Waals surface area contributed by atoms with Crippen molar-refractivity contribution in [2.24, 2.45) is 0 Å². The van der Waals surface area contributed by atoms with E-state index in [1.807, 2.05) is 0 Å². The first-order valence-electron chi connectivity index (χ1n) is 5.48. The largest absolute Gasteiger partial charge is 0.493 e. The molecule has 0 aliphatic rings. The van der Waals surface area contributed by atoms with E-state index >= 15 is 0 Å². The Hall–Kier alpha value is -1.53. The molecule has 108 valence electrons. The average Bonchev–Trinajstić information content (AvgIpc) is 2.38. The average molecular weight is 293 g/mol. The molecule has 0 aromatic heterocycles. The number of methoxy groups -OCH3 is 2. The molecule has 5 nitrogen and oxygen atoms in total. The lowest BCUT2D eigenvalue weighted by Crippen LogP contribution is -2.19. The van der Waals surface area contributed by atoms with Crippen LogP contribution >= 0.6 is 12.4 Å². The SMILES string of the molecule is CNCCC(=O)Nc1cc(OC)c(OC)cc1F.Cl. The van der Waals surface area contributed by atoms with E-state index in [0.29, 0.717) is 12.3 Å². The normalized spacial score (nSPS) is 9.47. The van der Waals surface area contributed by atoms with Crippen molar-refractivity contribution in [2.45, 2.75) is 6.42 Å². The van der Waals surface area contributed by atoms with E-state index in [9.17, 15) is 9.18 Å². The predicted octanol–water partition coefficient (Wildman–Crippen LogP) is 1.81. The summed E-state index contributed by atoms with van der Waals surface area (Å²) in [4.78, 5) is 11.5. The summed E-state index contributed by atoms with van der Waals surface area (Å²) in [7, 11) is 4.61. The highest BCUT2D eigenvalue weighted by atomic mass is 35.5. The standard InChI is InChI=1S/C12H17FN2O3.ClH/c1-14-5-4-12(16)15-9-7-11(18-3)10(17-2)6-8(9)13;/h6-7,14H,4-5H2,1-3H3,(H,15,16);1H. The number of amides is 1. The predicted molar refractivity (Wildman–Crippen MR) is 73.9 cm³/mol. The summed E-state index contributed by atoms with van der Waals surface area (Å²) >= 11 is 0. The first-order valence-corrected chi connectivity index (χ1v) is 5.48. The lowest BCUT2D eigenvalue weighted by Gasteiger charge is -2.11. The van der Waals surface area contributed by atoms with Crippen LogP contribution in [-0.2, 0) is 4.79 Å². The van der Waals surface area contributed by atoms with Gasteiger partial charge in [-0.25, -0.2) is 4.39 Å². The Morgan fingerprint density at radius 1 is 1.26 bits per heavy atom. The van der Waals surface area contributed by atoms with Crippen molar-refractivity contribution in [3.63, 3.8) is 0 Å². The molecule has 0 heterocycles. The van der Waals surface area contributed by atoms with Gasteiger partial charge in [-0.1, -0.05) is 0 Å². The van der Waals surface area contributed by atoms with E-state index in [-0.39, 0.29) is 36.2 Å². The monoisotopic (exact) mass is 292 g/mol. The number of nitrogens with one attached hydrogen (secondary N) is 2. The number of halogens is 2. The molecule has 0 spiro atoms. The van der Waals surface area contributed by atoms with Crippen LogP contribution in [0.2, 0.25) is 0 Å². The second-order valence-electron chi connectivity index (χ2n) is 3.59. The zero-order chi connectivity index (χ0) is 13.5. The summed E-state index contributed by atoms with van der Waals surface area (Å²) in [6.07, 6.45) is 0.268. The van der Waals surface area contributed by atoms with Crippen LogP contribution in [0.4, 0.5) is 10.1 Å². The van der Waals surface area contributed by atoms with Crippen LogP contribution in [0.3, 0.4) is 0 Å². The van der Waals surface area contributed by atoms with Gasteiger partial charge in [0.05, 0.1) is 19.9 Å². The van der Waals surface area contributed by atoms with Gasteiger partial charge in [0, 0.05) is 25.1 Å². The topological polar surface area (TPSA) is 59.6 Å². The van der Waals surface area contributed by atoms with Crippen molar-refractivity contribution in [2.75, 3.05) is 33.1 Å². The highest BCUT2D eigenvalue weighted by molar-refractivity contribution is 5.91. The number of rotatable bonds is 6. The molecule has 1 amide bonds. The molecule has 2 N–H and O–H groups in total. The maximum atomic E-state index is 13.7. The van der Waals surface area contributed by atoms with Gasteiger partial charge in [-0.2, -0.15) is 0 Å². The van der Waals surface area contributed by atoms with Crippen molar-refractivity contribution in [1.82, 2.24) is 5.32 Å². The van der Waals surface area contributed by atoms with Gasteiger partial charge in [0.1, 0.15) is 0 Å². The fraction of sp³-hybridized carbons (Fsp3) is 0.417. The quantitative estimate of drug-likeness (QED) is 0.839. The summed E-state index contributed by atoms with van der Waals surface area (Å²) in [6, 6.07) is 2.57. The highest BCUT2D eigenvalue weighted by Crippen LogP contribution is 2.32. The van der Waals surface area contributed by atoms with Gasteiger partial charge in [-0.3, -0.25) is 4.79 Å². The summed E-state index contributed by atoms with van der Waals surface area (Å²) < 4.78 is 23.7. The maximum absolute atomic E-state index is 13.7. The molecule has 0 unspecified atom stereocenters. The van der Waals surface area contributed by atoms with E-state index in [2.05, 4.69) is 10.6 Å². The summed E-state index contributed by atoms with van der Waals surface area (Å²) in [5.74, 6) is -0.188. The number of carbonyl (C=O) groups is 1. The van der Waals surface area contributed by atoms with Gasteiger partial charge in [-0.15, -0.1) is 12.4 Å². The number of anilines is 1. The van der Waals surface area contributed by atoms with E-state index in [0.717, 1.165) is 0 Å². The fourth-order valence-electron chi connectivity index (χ4n) is 1.40. The molecule has 7 heteroatoms. The van der Waals surface area contributed by atoms with Crippen LogP contribution in [0.25, 0.3) is 0 Å². The molecule has 1 rings (SSSR count). The Kier molecular flexibility index (Phi) is 7.86. The van der Waals surface area contributed by atoms with Gasteiger partial charge < -0.3 is 20.1 Å². The molecule has 0 atom stereocenters. The molecule has 0 aliphatic carbocycles. The number of ether oxygens (including phenoxy) is 2. The third-order valence-corrected chi connectivity index (χ3v) is 2.35. The minimum atomic E-state index is -0.564. The number of benzene rings is 1. The molecule has 0 fully saturated rings. The molecular formula is C12H18ClFN2O3. The zero-order valence-corrected chi connectivity index (χ0v) is 11.9. The van der Waals surface area contributed by atoms with Gasteiger partial charge in [-0.05, 0) is 7.05 Å². The first kappa shape index (κ1) is 17.5. The second kappa shape index (κ2) is 8.55. The van der Waals surface area contributed by atoms with E-state index < -0.39 is 5.82 Å². The minimum Gasteiger partial charge on any atom is -0.493 e. The summed E-state index contributed by atoms with van der Waals surface area (Å²) in [5, 5.41) is 5.32. The molecule has 0 saturated carbocycles. The smallest absolute Gasteiger partial charge is 0.225 e. The van der Waals surface area contributed by atoms with Crippen LogP contribution < -0.4 is 20.1 Å². The van der Waals surface area contributed by atoms with Gasteiger partial charge in [0.25, 0.3) is 0 Å². The van der Waals surface area contributed by atoms with Crippen molar-refractivity contribution >= 4 is 24.0 Å². The lowest BCUT2D eigenvalue weighted by molar-refractivity contribution is -0.116. The van der Waals surface area contributed by atoms with E-state index in [1.54, 1.807) is 7.05 Å². The number of hydrogen-bond donors (Lipinski definition) is 2. The van der Waals surface area contributed by atoms with Crippen LogP contribution in [0.15, 0.2) is 12.1 Å². The van der Waals surface area contributed by atoms with Crippen molar-refractivity contribution in [3.8, 4) is 11.5 Å². The molecular weight excluding hydrogens is 275 g/mol. The Morgan fingerprint density at radius 2 is 1.84 bits per heavy atom. The fourth-order valence-corrected chi connectivity index (χ4v) is 1.40. The Balaban J connectivity index is 0.00000324. The molecule has 1 aromatic rings. The van der Waals surface area contributed by atoms with E-state index in [4.69, 9.17) is 9.47 Å². The zero-order valence-electron chi connectivity index (χ0n) is 11.1. The van der Waals surface area contributed by atoms with Gasteiger partial charge >= 0.3 is 0 Å². The van der Waals surface area contributed by atoms with Crippen LogP contribution in [0, 0.1) is 5.82 Å². The summed E-state index contributed by atoms with van der Waals surface area (Å²) in [6.45, 7) is 0.529. The van der Waals surface area contributed by atoms with E-state index in [1.165, 1.54) is 26.4 Å². The Bertz CT molecular complexity index is 430. The molecule has 0 saturated heterocycles. The number of hydrogen-bond acceptors (Lipinski definition) is 4. The highest BCUT2D eigenvalue weighted by Gasteiger charge is 2.12. The first-order chi connectivity index (χ1) is 8.62.